The molecule has 4 aliphatic rings. The van der Waals surface area contributed by atoms with Crippen LogP contribution in [0.25, 0.3) is 0 Å². The maximum atomic E-state index is 14.2. The Balaban J connectivity index is 1.55. The molecule has 1 aliphatic heterocycles. The molecule has 3 aliphatic carbocycles. The van der Waals surface area contributed by atoms with E-state index in [9.17, 15) is 24.3 Å². The van der Waals surface area contributed by atoms with Crippen LogP contribution in [0.4, 0.5) is 4.79 Å². The molecular formula is C29H48N4O6. The monoisotopic (exact) mass is 548 g/mol. The van der Waals surface area contributed by atoms with Gasteiger partial charge in [-0.25, -0.2) is 4.79 Å². The number of likely N-dealkylation sites (tertiary alicyclic amines) is 1. The van der Waals surface area contributed by atoms with Crippen LogP contribution in [0.5, 0.6) is 0 Å². The minimum atomic E-state index is -1.49. The van der Waals surface area contributed by atoms with Gasteiger partial charge >= 0.3 is 6.09 Å². The standard InChI is InChI=1S/C29H48N4O6/c1-28(2,3)39-27(38)32-21(17-12-7-6-8-13-17)26(37)33-15-18-20(29(18,4)5)22(33)25(36)31-19(23(34)24(30)35)14-16-10-9-11-16/h16-23,34H,6-15H2,1-5H3,(H2,30,35)(H,31,36)(H,32,38). The first kappa shape index (κ1) is 29.6. The van der Waals surface area contributed by atoms with Crippen molar-refractivity contribution < 1.29 is 29.0 Å². The molecule has 0 radical (unpaired) electrons. The average Bonchev–Trinajstić information content (AvgIpc) is 3.15. The Kier molecular flexibility index (Phi) is 8.55. The zero-order valence-electron chi connectivity index (χ0n) is 24.2. The first-order valence-electron chi connectivity index (χ1n) is 14.8. The fraction of sp³-hybridized carbons (Fsp3) is 0.862. The van der Waals surface area contributed by atoms with Crippen molar-refractivity contribution in [2.24, 2.45) is 34.8 Å². The molecule has 1 saturated heterocycles. The number of piperidine rings is 1. The zero-order valence-corrected chi connectivity index (χ0v) is 24.2. The highest BCUT2D eigenvalue weighted by molar-refractivity contribution is 5.93. The molecule has 0 aromatic rings. The van der Waals surface area contributed by atoms with Gasteiger partial charge in [-0.05, 0) is 69.1 Å². The molecule has 4 rings (SSSR count). The van der Waals surface area contributed by atoms with Gasteiger partial charge < -0.3 is 31.1 Å². The normalized spacial score (nSPS) is 28.9. The van der Waals surface area contributed by atoms with Gasteiger partial charge in [0.25, 0.3) is 0 Å². The van der Waals surface area contributed by atoms with E-state index in [4.69, 9.17) is 10.5 Å². The molecule has 6 atom stereocenters. The number of amides is 4. The zero-order chi connectivity index (χ0) is 28.7. The fourth-order valence-electron chi connectivity index (χ4n) is 7.10. The molecule has 4 fully saturated rings. The SMILES string of the molecule is CC(C)(C)OC(=O)NC(C(=O)N1CC2C(C1C(=O)NC(CC1CCC1)C(O)C(N)=O)C2(C)C)C1CCCCC1. The number of nitrogens with one attached hydrogen (secondary N) is 2. The third-order valence-electron chi connectivity index (χ3n) is 9.63. The fourth-order valence-corrected chi connectivity index (χ4v) is 7.10. The van der Waals surface area contributed by atoms with Gasteiger partial charge in [0.15, 0.2) is 6.10 Å². The minimum absolute atomic E-state index is 0.0320. The molecule has 10 nitrogen and oxygen atoms in total. The van der Waals surface area contributed by atoms with Crippen molar-refractivity contribution in [3.8, 4) is 0 Å². The molecule has 0 aromatic carbocycles. The van der Waals surface area contributed by atoms with Gasteiger partial charge in [0.2, 0.25) is 17.7 Å². The lowest BCUT2D eigenvalue weighted by Gasteiger charge is -2.38. The van der Waals surface area contributed by atoms with Crippen molar-refractivity contribution in [1.29, 1.82) is 0 Å². The Morgan fingerprint density at radius 2 is 1.67 bits per heavy atom. The lowest BCUT2D eigenvalue weighted by molar-refractivity contribution is -0.144. The number of aliphatic hydroxyl groups excluding tert-OH is 1. The van der Waals surface area contributed by atoms with Crippen molar-refractivity contribution in [3.63, 3.8) is 0 Å². The second-order valence-electron chi connectivity index (χ2n) is 13.9. The van der Waals surface area contributed by atoms with Gasteiger partial charge in [-0.2, -0.15) is 0 Å². The first-order valence-corrected chi connectivity index (χ1v) is 14.8. The van der Waals surface area contributed by atoms with Crippen LogP contribution in [-0.4, -0.2) is 70.2 Å². The summed E-state index contributed by atoms with van der Waals surface area (Å²) < 4.78 is 5.49. The van der Waals surface area contributed by atoms with Gasteiger partial charge in [-0.15, -0.1) is 0 Å². The second-order valence-corrected chi connectivity index (χ2v) is 13.9. The molecule has 39 heavy (non-hydrogen) atoms. The van der Waals surface area contributed by atoms with Gasteiger partial charge in [0.05, 0.1) is 6.04 Å². The number of hydrogen-bond donors (Lipinski definition) is 4. The number of carbonyl (C=O) groups is 4. The molecular weight excluding hydrogens is 500 g/mol. The first-order chi connectivity index (χ1) is 18.2. The smallest absolute Gasteiger partial charge is 0.408 e. The third-order valence-corrected chi connectivity index (χ3v) is 9.63. The second kappa shape index (κ2) is 11.3. The van der Waals surface area contributed by atoms with E-state index >= 15 is 0 Å². The number of hydrogen-bond acceptors (Lipinski definition) is 6. The Bertz CT molecular complexity index is 952. The molecule has 3 saturated carbocycles. The molecule has 6 unspecified atom stereocenters. The van der Waals surface area contributed by atoms with Crippen molar-refractivity contribution in [1.82, 2.24) is 15.5 Å². The van der Waals surface area contributed by atoms with E-state index < -0.39 is 41.8 Å². The van der Waals surface area contributed by atoms with Gasteiger partial charge in [0.1, 0.15) is 17.7 Å². The summed E-state index contributed by atoms with van der Waals surface area (Å²) in [7, 11) is 0. The van der Waals surface area contributed by atoms with Gasteiger partial charge in [0, 0.05) is 6.54 Å². The summed E-state index contributed by atoms with van der Waals surface area (Å²) in [4.78, 5) is 54.3. The molecule has 220 valence electrons. The number of ether oxygens (including phenoxy) is 1. The third kappa shape index (κ3) is 6.52. The molecule has 0 spiro atoms. The highest BCUT2D eigenvalue weighted by Gasteiger charge is 2.69. The van der Waals surface area contributed by atoms with E-state index in [-0.39, 0.29) is 35.0 Å². The number of nitrogens with two attached hydrogens (primary N) is 1. The number of alkyl carbamates (subject to hydrolysis) is 1. The lowest BCUT2D eigenvalue weighted by Crippen LogP contribution is -2.60. The lowest BCUT2D eigenvalue weighted by atomic mass is 9.79. The molecule has 0 bridgehead atoms. The van der Waals surface area contributed by atoms with Crippen LogP contribution in [-0.2, 0) is 19.1 Å². The summed E-state index contributed by atoms with van der Waals surface area (Å²) in [5.74, 6) is -1.09. The van der Waals surface area contributed by atoms with Gasteiger partial charge in [-0.1, -0.05) is 52.4 Å². The highest BCUT2D eigenvalue weighted by atomic mass is 16.6. The van der Waals surface area contributed by atoms with Crippen LogP contribution < -0.4 is 16.4 Å². The summed E-state index contributed by atoms with van der Waals surface area (Å²) in [6.07, 6.45) is 6.13. The van der Waals surface area contributed by atoms with Crippen LogP contribution in [0.2, 0.25) is 0 Å². The largest absolute Gasteiger partial charge is 0.444 e. The number of carbonyl (C=O) groups excluding carboxylic acids is 4. The number of fused-ring (bicyclic) bond motifs is 1. The Morgan fingerprint density at radius 1 is 1.03 bits per heavy atom. The predicted molar refractivity (Wildman–Crippen MR) is 145 cm³/mol. The summed E-state index contributed by atoms with van der Waals surface area (Å²) in [6.45, 7) is 9.97. The summed E-state index contributed by atoms with van der Waals surface area (Å²) in [5, 5.41) is 16.3. The van der Waals surface area contributed by atoms with Crippen molar-refractivity contribution >= 4 is 23.8 Å². The van der Waals surface area contributed by atoms with E-state index in [0.717, 1.165) is 51.4 Å². The molecule has 10 heteroatoms. The van der Waals surface area contributed by atoms with Crippen LogP contribution in [0.15, 0.2) is 0 Å². The molecule has 0 aromatic heterocycles. The molecule has 1 heterocycles. The number of rotatable bonds is 9. The van der Waals surface area contributed by atoms with E-state index in [1.54, 1.807) is 25.7 Å². The highest BCUT2D eigenvalue weighted by Crippen LogP contribution is 2.65. The van der Waals surface area contributed by atoms with Gasteiger partial charge in [-0.3, -0.25) is 14.4 Å². The molecule has 4 amide bonds. The number of nitrogens with zero attached hydrogens (tertiary/aromatic N) is 1. The van der Waals surface area contributed by atoms with E-state index in [0.29, 0.717) is 18.9 Å². The van der Waals surface area contributed by atoms with Crippen LogP contribution in [0, 0.1) is 29.1 Å². The predicted octanol–water partition coefficient (Wildman–Crippen LogP) is 2.46. The summed E-state index contributed by atoms with van der Waals surface area (Å²) >= 11 is 0. The van der Waals surface area contributed by atoms with Crippen molar-refractivity contribution in [3.05, 3.63) is 0 Å². The maximum absolute atomic E-state index is 14.2. The number of primary amides is 1. The Hall–Kier alpha value is -2.36. The maximum Gasteiger partial charge on any atom is 0.408 e. The average molecular weight is 549 g/mol. The van der Waals surface area contributed by atoms with Crippen LogP contribution in [0.1, 0.15) is 92.4 Å². The topological polar surface area (TPSA) is 151 Å². The minimum Gasteiger partial charge on any atom is -0.444 e. The van der Waals surface area contributed by atoms with E-state index in [2.05, 4.69) is 24.5 Å². The Morgan fingerprint density at radius 3 is 2.21 bits per heavy atom. The Labute approximate surface area is 232 Å². The van der Waals surface area contributed by atoms with Crippen LogP contribution >= 0.6 is 0 Å². The summed E-state index contributed by atoms with van der Waals surface area (Å²) in [5.41, 5.74) is 4.60. The van der Waals surface area contributed by atoms with Crippen LogP contribution in [0.3, 0.4) is 0 Å². The molecule has 5 N–H and O–H groups in total. The van der Waals surface area contributed by atoms with E-state index in [1.165, 1.54) is 0 Å². The van der Waals surface area contributed by atoms with Crippen molar-refractivity contribution in [2.75, 3.05) is 6.54 Å². The van der Waals surface area contributed by atoms with E-state index in [1.807, 2.05) is 0 Å². The summed E-state index contributed by atoms with van der Waals surface area (Å²) in [6, 6.07) is -2.32. The number of aliphatic hydroxyl groups is 1. The quantitative estimate of drug-likeness (QED) is 0.347. The van der Waals surface area contributed by atoms with Crippen molar-refractivity contribution in [2.45, 2.75) is 122 Å².